The maximum Gasteiger partial charge on any atom is 0.255 e. The van der Waals surface area contributed by atoms with E-state index < -0.39 is 0 Å². The van der Waals surface area contributed by atoms with Gasteiger partial charge in [0.05, 0.1) is 11.3 Å². The second-order valence-corrected chi connectivity index (χ2v) is 4.08. The fraction of sp³-hybridized carbons (Fsp3) is 0.364. The number of pyridine rings is 1. The fourth-order valence-corrected chi connectivity index (χ4v) is 1.84. The molecule has 2 amide bonds. The average Bonchev–Trinajstić information content (AvgIpc) is 2.81. The van der Waals surface area contributed by atoms with Gasteiger partial charge in [0, 0.05) is 31.4 Å². The molecular weight excluding hydrogens is 234 g/mol. The van der Waals surface area contributed by atoms with Crippen LogP contribution < -0.4 is 21.9 Å². The molecule has 5 N–H and O–H groups in total. The molecule has 0 saturated carbocycles. The summed E-state index contributed by atoms with van der Waals surface area (Å²) < 4.78 is 0. The minimum absolute atomic E-state index is 0.00686. The molecule has 0 bridgehead atoms. The van der Waals surface area contributed by atoms with Crippen molar-refractivity contribution in [2.24, 2.45) is 5.84 Å². The fourth-order valence-electron chi connectivity index (χ4n) is 1.84. The van der Waals surface area contributed by atoms with Gasteiger partial charge < -0.3 is 16.1 Å². The van der Waals surface area contributed by atoms with Crippen molar-refractivity contribution in [1.29, 1.82) is 0 Å². The zero-order valence-corrected chi connectivity index (χ0v) is 9.77. The number of nitrogens with two attached hydrogens (primary N) is 1. The Morgan fingerprint density at radius 3 is 3.11 bits per heavy atom. The SMILES string of the molecule is NNc1ccncc1C(=O)NCC1CCC(=O)N1. The first kappa shape index (κ1) is 12.3. The number of rotatable bonds is 4. The monoisotopic (exact) mass is 249 g/mol. The largest absolute Gasteiger partial charge is 0.352 e. The van der Waals surface area contributed by atoms with Crippen LogP contribution in [0.2, 0.25) is 0 Å². The number of carbonyl (C=O) groups is 2. The van der Waals surface area contributed by atoms with Gasteiger partial charge in [-0.25, -0.2) is 0 Å². The van der Waals surface area contributed by atoms with Crippen molar-refractivity contribution in [3.05, 3.63) is 24.0 Å². The Bertz CT molecular complexity index is 463. The minimum Gasteiger partial charge on any atom is -0.352 e. The molecule has 18 heavy (non-hydrogen) atoms. The van der Waals surface area contributed by atoms with E-state index in [0.717, 1.165) is 6.42 Å². The molecule has 2 heterocycles. The molecule has 96 valence electrons. The number of carbonyl (C=O) groups excluding carboxylic acids is 2. The van der Waals surface area contributed by atoms with Crippen LogP contribution >= 0.6 is 0 Å². The van der Waals surface area contributed by atoms with Gasteiger partial charge in [-0.1, -0.05) is 0 Å². The van der Waals surface area contributed by atoms with Crippen molar-refractivity contribution in [3.8, 4) is 0 Å². The zero-order valence-electron chi connectivity index (χ0n) is 9.77. The van der Waals surface area contributed by atoms with E-state index in [2.05, 4.69) is 21.0 Å². The third-order valence-corrected chi connectivity index (χ3v) is 2.82. The Morgan fingerprint density at radius 1 is 1.61 bits per heavy atom. The van der Waals surface area contributed by atoms with Crippen molar-refractivity contribution in [3.63, 3.8) is 0 Å². The van der Waals surface area contributed by atoms with E-state index in [1.54, 1.807) is 12.3 Å². The Labute approximate surface area is 104 Å². The van der Waals surface area contributed by atoms with E-state index in [9.17, 15) is 9.59 Å². The third kappa shape index (κ3) is 2.75. The van der Waals surface area contributed by atoms with E-state index in [0.29, 0.717) is 24.2 Å². The number of nitrogen functional groups attached to an aromatic ring is 1. The minimum atomic E-state index is -0.266. The second-order valence-electron chi connectivity index (χ2n) is 4.08. The summed E-state index contributed by atoms with van der Waals surface area (Å²) in [5.74, 6) is 5.07. The molecule has 1 aliphatic rings. The molecule has 7 heteroatoms. The van der Waals surface area contributed by atoms with Crippen molar-refractivity contribution in [1.82, 2.24) is 15.6 Å². The quantitative estimate of drug-likeness (QED) is 0.420. The average molecular weight is 249 g/mol. The van der Waals surface area contributed by atoms with Gasteiger partial charge in [-0.3, -0.25) is 20.4 Å². The lowest BCUT2D eigenvalue weighted by Crippen LogP contribution is -2.38. The molecule has 1 aromatic heterocycles. The highest BCUT2D eigenvalue weighted by Gasteiger charge is 2.21. The Kier molecular flexibility index (Phi) is 3.73. The predicted octanol–water partition coefficient (Wildman–Crippen LogP) is -0.624. The summed E-state index contributed by atoms with van der Waals surface area (Å²) in [5.41, 5.74) is 3.33. The number of nitrogens with one attached hydrogen (secondary N) is 3. The summed E-state index contributed by atoms with van der Waals surface area (Å²) in [6.07, 6.45) is 4.25. The van der Waals surface area contributed by atoms with Crippen molar-refractivity contribution in [2.75, 3.05) is 12.0 Å². The summed E-state index contributed by atoms with van der Waals surface area (Å²) in [5, 5.41) is 5.53. The van der Waals surface area contributed by atoms with Crippen LogP contribution in [0.3, 0.4) is 0 Å². The summed E-state index contributed by atoms with van der Waals surface area (Å²) >= 11 is 0. The molecule has 0 aromatic carbocycles. The number of anilines is 1. The van der Waals surface area contributed by atoms with Gasteiger partial charge in [0.25, 0.3) is 5.91 Å². The van der Waals surface area contributed by atoms with Crippen LogP contribution in [-0.2, 0) is 4.79 Å². The first-order valence-electron chi connectivity index (χ1n) is 5.69. The van der Waals surface area contributed by atoms with E-state index in [4.69, 9.17) is 5.84 Å². The van der Waals surface area contributed by atoms with Gasteiger partial charge in [0.1, 0.15) is 0 Å². The van der Waals surface area contributed by atoms with E-state index in [-0.39, 0.29) is 17.9 Å². The number of amides is 2. The molecule has 2 rings (SSSR count). The third-order valence-electron chi connectivity index (χ3n) is 2.82. The molecule has 7 nitrogen and oxygen atoms in total. The molecule has 0 radical (unpaired) electrons. The van der Waals surface area contributed by atoms with E-state index >= 15 is 0 Å². The number of nitrogens with zero attached hydrogens (tertiary/aromatic N) is 1. The lowest BCUT2D eigenvalue weighted by atomic mass is 10.2. The highest BCUT2D eigenvalue weighted by molar-refractivity contribution is 5.99. The molecule has 0 aliphatic carbocycles. The lowest BCUT2D eigenvalue weighted by Gasteiger charge is -2.12. The maximum absolute atomic E-state index is 11.9. The van der Waals surface area contributed by atoms with Gasteiger partial charge in [0.2, 0.25) is 5.91 Å². The van der Waals surface area contributed by atoms with Crippen LogP contribution in [-0.4, -0.2) is 29.4 Å². The van der Waals surface area contributed by atoms with Gasteiger partial charge in [-0.2, -0.15) is 0 Å². The summed E-state index contributed by atoms with van der Waals surface area (Å²) in [6.45, 7) is 0.406. The standard InChI is InChI=1S/C11H15N5O2/c12-16-9-3-4-13-6-8(9)11(18)14-5-7-1-2-10(17)15-7/h3-4,6-7H,1-2,5,12H2,(H,13,16)(H,14,18)(H,15,17). The molecule has 0 spiro atoms. The Hall–Kier alpha value is -2.15. The van der Waals surface area contributed by atoms with Crippen LogP contribution in [0.15, 0.2) is 18.5 Å². The number of hydrazine groups is 1. The topological polar surface area (TPSA) is 109 Å². The number of aromatic nitrogens is 1. The molecule has 1 fully saturated rings. The molecule has 1 aliphatic heterocycles. The molecule has 1 unspecified atom stereocenters. The van der Waals surface area contributed by atoms with Crippen LogP contribution in [0.5, 0.6) is 0 Å². The summed E-state index contributed by atoms with van der Waals surface area (Å²) in [4.78, 5) is 26.8. The van der Waals surface area contributed by atoms with E-state index in [1.807, 2.05) is 0 Å². The number of hydrogen-bond donors (Lipinski definition) is 4. The van der Waals surface area contributed by atoms with Gasteiger partial charge in [0.15, 0.2) is 0 Å². The van der Waals surface area contributed by atoms with Gasteiger partial charge in [-0.15, -0.1) is 0 Å². The van der Waals surface area contributed by atoms with Crippen LogP contribution in [0.4, 0.5) is 5.69 Å². The highest BCUT2D eigenvalue weighted by atomic mass is 16.2. The second kappa shape index (κ2) is 5.46. The molecule has 1 atom stereocenters. The first-order valence-corrected chi connectivity index (χ1v) is 5.69. The van der Waals surface area contributed by atoms with E-state index in [1.165, 1.54) is 6.20 Å². The Balaban J connectivity index is 1.93. The molecule has 1 aromatic rings. The molecular formula is C11H15N5O2. The van der Waals surface area contributed by atoms with Crippen LogP contribution in [0, 0.1) is 0 Å². The smallest absolute Gasteiger partial charge is 0.255 e. The maximum atomic E-state index is 11.9. The molecule has 1 saturated heterocycles. The Morgan fingerprint density at radius 2 is 2.44 bits per heavy atom. The van der Waals surface area contributed by atoms with Crippen LogP contribution in [0.25, 0.3) is 0 Å². The van der Waals surface area contributed by atoms with Crippen molar-refractivity contribution >= 4 is 17.5 Å². The highest BCUT2D eigenvalue weighted by Crippen LogP contribution is 2.12. The van der Waals surface area contributed by atoms with Crippen LogP contribution in [0.1, 0.15) is 23.2 Å². The van der Waals surface area contributed by atoms with Crippen molar-refractivity contribution < 1.29 is 9.59 Å². The van der Waals surface area contributed by atoms with Crippen molar-refractivity contribution in [2.45, 2.75) is 18.9 Å². The van der Waals surface area contributed by atoms with Gasteiger partial charge >= 0.3 is 0 Å². The zero-order chi connectivity index (χ0) is 13.0. The lowest BCUT2D eigenvalue weighted by molar-refractivity contribution is -0.119. The normalized spacial score (nSPS) is 18.3. The summed E-state index contributed by atoms with van der Waals surface area (Å²) in [6, 6.07) is 1.62. The summed E-state index contributed by atoms with van der Waals surface area (Å²) in [7, 11) is 0. The number of hydrogen-bond acceptors (Lipinski definition) is 5. The first-order chi connectivity index (χ1) is 8.70. The predicted molar refractivity (Wildman–Crippen MR) is 65.5 cm³/mol. The van der Waals surface area contributed by atoms with Gasteiger partial charge in [-0.05, 0) is 12.5 Å².